The lowest BCUT2D eigenvalue weighted by atomic mass is 10.3. The normalized spacial score (nSPS) is 18.4. The lowest BCUT2D eigenvalue weighted by molar-refractivity contribution is -0.117. The van der Waals surface area contributed by atoms with Crippen molar-refractivity contribution in [3.63, 3.8) is 0 Å². The summed E-state index contributed by atoms with van der Waals surface area (Å²) in [6, 6.07) is 0.387. The van der Waals surface area contributed by atoms with Gasteiger partial charge in [0.15, 0.2) is 0 Å². The number of nitrogens with zero attached hydrogens (tertiary/aromatic N) is 4. The Kier molecular flexibility index (Phi) is 3.98. The van der Waals surface area contributed by atoms with E-state index in [9.17, 15) is 4.79 Å². The summed E-state index contributed by atoms with van der Waals surface area (Å²) < 4.78 is 1.85. The van der Waals surface area contributed by atoms with E-state index in [4.69, 9.17) is 5.73 Å². The number of carbonyl (C=O) groups excluding carboxylic acids is 1. The first-order valence-corrected chi connectivity index (χ1v) is 6.84. The van der Waals surface area contributed by atoms with Crippen molar-refractivity contribution in [2.75, 3.05) is 0 Å². The van der Waals surface area contributed by atoms with Crippen molar-refractivity contribution in [2.45, 2.75) is 55.5 Å². The molecule has 0 radical (unpaired) electrons. The molecular weight excluding hydrogens is 238 g/mol. The van der Waals surface area contributed by atoms with Gasteiger partial charge in [0.05, 0.1) is 11.3 Å². The second kappa shape index (κ2) is 5.48. The van der Waals surface area contributed by atoms with Crippen LogP contribution in [0.4, 0.5) is 0 Å². The van der Waals surface area contributed by atoms with Crippen LogP contribution in [0, 0.1) is 0 Å². The maximum absolute atomic E-state index is 11.2. The van der Waals surface area contributed by atoms with Gasteiger partial charge in [-0.25, -0.2) is 4.68 Å². The quantitative estimate of drug-likeness (QED) is 0.797. The summed E-state index contributed by atoms with van der Waals surface area (Å²) in [5, 5.41) is 12.2. The van der Waals surface area contributed by atoms with E-state index in [2.05, 4.69) is 15.5 Å². The second-order valence-corrected chi connectivity index (χ2v) is 5.43. The zero-order chi connectivity index (χ0) is 12.3. The minimum absolute atomic E-state index is 0.249. The maximum Gasteiger partial charge on any atom is 0.231 e. The third kappa shape index (κ3) is 2.77. The number of rotatable bonds is 5. The van der Waals surface area contributed by atoms with Crippen molar-refractivity contribution in [2.24, 2.45) is 5.73 Å². The first-order valence-electron chi connectivity index (χ1n) is 5.96. The summed E-state index contributed by atoms with van der Waals surface area (Å²) in [6.07, 6.45) is 5.37. The van der Waals surface area contributed by atoms with E-state index >= 15 is 0 Å². The molecule has 6 nitrogen and oxygen atoms in total. The number of hydrogen-bond donors (Lipinski definition) is 1. The number of primary amides is 1. The van der Waals surface area contributed by atoms with E-state index in [0.717, 1.165) is 12.8 Å². The Balaban J connectivity index is 2.10. The molecule has 94 valence electrons. The van der Waals surface area contributed by atoms with E-state index < -0.39 is 0 Å². The van der Waals surface area contributed by atoms with Crippen molar-refractivity contribution in [3.05, 3.63) is 0 Å². The number of aromatic nitrogens is 4. The Labute approximate surface area is 104 Å². The molecule has 1 amide bonds. The molecular formula is C10H17N5OS. The van der Waals surface area contributed by atoms with Crippen LogP contribution in [0.25, 0.3) is 0 Å². The molecule has 1 unspecified atom stereocenters. The average Bonchev–Trinajstić information content (AvgIpc) is 2.95. The second-order valence-electron chi connectivity index (χ2n) is 4.26. The van der Waals surface area contributed by atoms with Gasteiger partial charge in [0, 0.05) is 0 Å². The first-order chi connectivity index (χ1) is 8.22. The molecule has 0 saturated heterocycles. The molecule has 1 heterocycles. The van der Waals surface area contributed by atoms with Crippen molar-refractivity contribution in [3.8, 4) is 0 Å². The highest BCUT2D eigenvalue weighted by Gasteiger charge is 2.24. The predicted molar refractivity (Wildman–Crippen MR) is 64.5 cm³/mol. The van der Waals surface area contributed by atoms with Gasteiger partial charge in [0.1, 0.15) is 0 Å². The highest BCUT2D eigenvalue weighted by molar-refractivity contribution is 8.00. The van der Waals surface area contributed by atoms with Gasteiger partial charge in [-0.3, -0.25) is 4.79 Å². The summed E-state index contributed by atoms with van der Waals surface area (Å²) >= 11 is 1.37. The molecule has 0 aliphatic heterocycles. The zero-order valence-electron chi connectivity index (χ0n) is 9.87. The van der Waals surface area contributed by atoms with Gasteiger partial charge in [-0.1, -0.05) is 31.5 Å². The molecule has 2 N–H and O–H groups in total. The molecule has 1 fully saturated rings. The summed E-state index contributed by atoms with van der Waals surface area (Å²) in [7, 11) is 0. The fraction of sp³-hybridized carbons (Fsp3) is 0.800. The number of tetrazole rings is 1. The van der Waals surface area contributed by atoms with Crippen LogP contribution >= 0.6 is 11.8 Å². The van der Waals surface area contributed by atoms with E-state index in [1.165, 1.54) is 24.6 Å². The molecule has 1 aliphatic carbocycles. The molecule has 1 aromatic heterocycles. The third-order valence-electron chi connectivity index (χ3n) is 3.07. The Morgan fingerprint density at radius 3 is 2.88 bits per heavy atom. The topological polar surface area (TPSA) is 86.7 Å². The number of thioether (sulfide) groups is 1. The van der Waals surface area contributed by atoms with Crippen LogP contribution in [0.3, 0.4) is 0 Å². The molecule has 1 saturated carbocycles. The Hall–Kier alpha value is -1.11. The highest BCUT2D eigenvalue weighted by Crippen LogP contribution is 2.32. The van der Waals surface area contributed by atoms with Crippen LogP contribution in [-0.2, 0) is 4.79 Å². The molecule has 0 spiro atoms. The number of hydrogen-bond acceptors (Lipinski definition) is 5. The van der Waals surface area contributed by atoms with Crippen molar-refractivity contribution in [1.29, 1.82) is 0 Å². The molecule has 2 rings (SSSR count). The van der Waals surface area contributed by atoms with Crippen LogP contribution < -0.4 is 5.73 Å². The van der Waals surface area contributed by atoms with Crippen LogP contribution in [-0.4, -0.2) is 31.4 Å². The van der Waals surface area contributed by atoms with Gasteiger partial charge in [0.25, 0.3) is 0 Å². The Morgan fingerprint density at radius 1 is 1.59 bits per heavy atom. The number of carbonyl (C=O) groups is 1. The van der Waals surface area contributed by atoms with Gasteiger partial charge in [-0.05, 0) is 29.7 Å². The fourth-order valence-corrected chi connectivity index (χ4v) is 3.03. The number of amides is 1. The van der Waals surface area contributed by atoms with Crippen LogP contribution in [0.1, 0.15) is 45.1 Å². The monoisotopic (exact) mass is 255 g/mol. The lowest BCUT2D eigenvalue weighted by Crippen LogP contribution is -2.25. The molecule has 0 bridgehead atoms. The van der Waals surface area contributed by atoms with Gasteiger partial charge < -0.3 is 5.73 Å². The SMILES string of the molecule is CCC(Sc1nnnn1C1CCCC1)C(N)=O. The zero-order valence-corrected chi connectivity index (χ0v) is 10.7. The van der Waals surface area contributed by atoms with Crippen LogP contribution in [0.2, 0.25) is 0 Å². The van der Waals surface area contributed by atoms with Gasteiger partial charge in [0.2, 0.25) is 11.1 Å². The Morgan fingerprint density at radius 2 is 2.29 bits per heavy atom. The summed E-state index contributed by atoms with van der Waals surface area (Å²) in [4.78, 5) is 11.2. The summed E-state index contributed by atoms with van der Waals surface area (Å²) in [5.74, 6) is -0.307. The minimum Gasteiger partial charge on any atom is -0.369 e. The smallest absolute Gasteiger partial charge is 0.231 e. The van der Waals surface area contributed by atoms with E-state index in [0.29, 0.717) is 17.6 Å². The van der Waals surface area contributed by atoms with Gasteiger partial charge in [-0.2, -0.15) is 0 Å². The molecule has 1 aromatic rings. The van der Waals surface area contributed by atoms with Gasteiger partial charge in [-0.15, -0.1) is 5.10 Å². The number of nitrogens with two attached hydrogens (primary N) is 1. The lowest BCUT2D eigenvalue weighted by Gasteiger charge is -2.13. The van der Waals surface area contributed by atoms with Crippen LogP contribution in [0.15, 0.2) is 5.16 Å². The molecule has 1 atom stereocenters. The van der Waals surface area contributed by atoms with Gasteiger partial charge >= 0.3 is 0 Å². The Bertz CT molecular complexity index is 388. The fourth-order valence-electron chi connectivity index (χ4n) is 2.11. The molecule has 0 aromatic carbocycles. The van der Waals surface area contributed by atoms with Crippen molar-refractivity contribution in [1.82, 2.24) is 20.2 Å². The highest BCUT2D eigenvalue weighted by atomic mass is 32.2. The standard InChI is InChI=1S/C10H17N5OS/c1-2-8(9(11)16)17-10-12-13-14-15(10)7-5-3-4-6-7/h7-8H,2-6H2,1H3,(H2,11,16). The van der Waals surface area contributed by atoms with Crippen molar-refractivity contribution >= 4 is 17.7 Å². The summed E-state index contributed by atoms with van der Waals surface area (Å²) in [6.45, 7) is 1.94. The van der Waals surface area contributed by atoms with E-state index in [-0.39, 0.29) is 11.2 Å². The van der Waals surface area contributed by atoms with E-state index in [1.54, 1.807) is 0 Å². The maximum atomic E-state index is 11.2. The average molecular weight is 255 g/mol. The first kappa shape index (κ1) is 12.3. The van der Waals surface area contributed by atoms with Crippen LogP contribution in [0.5, 0.6) is 0 Å². The molecule has 7 heteroatoms. The van der Waals surface area contributed by atoms with E-state index in [1.807, 2.05) is 11.6 Å². The predicted octanol–water partition coefficient (Wildman–Crippen LogP) is 1.14. The van der Waals surface area contributed by atoms with Crippen molar-refractivity contribution < 1.29 is 4.79 Å². The summed E-state index contributed by atoms with van der Waals surface area (Å²) in [5.41, 5.74) is 5.33. The third-order valence-corrected chi connectivity index (χ3v) is 4.40. The minimum atomic E-state index is -0.307. The molecule has 1 aliphatic rings. The molecule has 17 heavy (non-hydrogen) atoms. The largest absolute Gasteiger partial charge is 0.369 e.